The number of fused-ring (bicyclic) bond motifs is 1. The first-order valence-corrected chi connectivity index (χ1v) is 7.37. The topological polar surface area (TPSA) is 51.0 Å². The van der Waals surface area contributed by atoms with E-state index >= 15 is 0 Å². The minimum absolute atomic E-state index is 0.309. The molecule has 0 saturated carbocycles. The van der Waals surface area contributed by atoms with E-state index in [1.165, 1.54) is 19.3 Å². The molecule has 1 aromatic carbocycles. The first-order chi connectivity index (χ1) is 9.74. The molecule has 6 heteroatoms. The molecule has 1 aromatic heterocycles. The Morgan fingerprint density at radius 1 is 1.10 bits per heavy atom. The van der Waals surface area contributed by atoms with Crippen molar-refractivity contribution in [3.8, 4) is 0 Å². The van der Waals surface area contributed by atoms with Crippen molar-refractivity contribution in [3.63, 3.8) is 0 Å². The minimum atomic E-state index is -0.309. The SMILES string of the molecule is O=c1nnc2ccc(Cl)cc2n1CCN1CCCCC1. The predicted molar refractivity (Wildman–Crippen MR) is 79.1 cm³/mol. The maximum atomic E-state index is 11.9. The van der Waals surface area contributed by atoms with E-state index in [2.05, 4.69) is 15.1 Å². The van der Waals surface area contributed by atoms with Crippen LogP contribution in [-0.2, 0) is 6.54 Å². The molecule has 0 spiro atoms. The van der Waals surface area contributed by atoms with Gasteiger partial charge in [0.1, 0.15) is 5.52 Å². The van der Waals surface area contributed by atoms with Crippen molar-refractivity contribution in [1.82, 2.24) is 19.7 Å². The minimum Gasteiger partial charge on any atom is -0.302 e. The van der Waals surface area contributed by atoms with Gasteiger partial charge in [-0.2, -0.15) is 0 Å². The van der Waals surface area contributed by atoms with E-state index in [1.807, 2.05) is 0 Å². The first-order valence-electron chi connectivity index (χ1n) is 6.99. The molecule has 5 nitrogen and oxygen atoms in total. The molecule has 0 N–H and O–H groups in total. The van der Waals surface area contributed by atoms with Crippen molar-refractivity contribution in [2.24, 2.45) is 0 Å². The summed E-state index contributed by atoms with van der Waals surface area (Å²) in [6.07, 6.45) is 3.80. The van der Waals surface area contributed by atoms with Gasteiger partial charge in [0.15, 0.2) is 0 Å². The summed E-state index contributed by atoms with van der Waals surface area (Å²) < 4.78 is 1.67. The zero-order chi connectivity index (χ0) is 13.9. The molecule has 2 aromatic rings. The lowest BCUT2D eigenvalue weighted by Crippen LogP contribution is -2.35. The number of halogens is 1. The third-order valence-electron chi connectivity index (χ3n) is 3.79. The normalized spacial score (nSPS) is 16.6. The van der Waals surface area contributed by atoms with Gasteiger partial charge in [-0.05, 0) is 44.1 Å². The van der Waals surface area contributed by atoms with Crippen molar-refractivity contribution < 1.29 is 0 Å². The Morgan fingerprint density at radius 3 is 2.70 bits per heavy atom. The highest BCUT2D eigenvalue weighted by Gasteiger charge is 2.12. The van der Waals surface area contributed by atoms with Crippen LogP contribution in [0.25, 0.3) is 11.0 Å². The number of likely N-dealkylation sites (tertiary alicyclic amines) is 1. The van der Waals surface area contributed by atoms with Crippen LogP contribution in [0.1, 0.15) is 19.3 Å². The van der Waals surface area contributed by atoms with E-state index in [4.69, 9.17) is 11.6 Å². The molecule has 0 unspecified atom stereocenters. The Labute approximate surface area is 122 Å². The van der Waals surface area contributed by atoms with Crippen LogP contribution in [0.4, 0.5) is 0 Å². The Balaban J connectivity index is 1.87. The highest BCUT2D eigenvalue weighted by atomic mass is 35.5. The zero-order valence-corrected chi connectivity index (χ0v) is 12.0. The monoisotopic (exact) mass is 292 g/mol. The Hall–Kier alpha value is -1.46. The Kier molecular flexibility index (Phi) is 3.98. The zero-order valence-electron chi connectivity index (χ0n) is 11.3. The first kappa shape index (κ1) is 13.5. The summed E-state index contributed by atoms with van der Waals surface area (Å²) in [6.45, 7) is 3.73. The number of hydrogen-bond donors (Lipinski definition) is 0. The highest BCUT2D eigenvalue weighted by molar-refractivity contribution is 6.31. The molecule has 1 aliphatic heterocycles. The third kappa shape index (κ3) is 2.83. The van der Waals surface area contributed by atoms with Crippen LogP contribution < -0.4 is 5.69 Å². The fourth-order valence-electron chi connectivity index (χ4n) is 2.69. The van der Waals surface area contributed by atoms with Crippen LogP contribution >= 0.6 is 11.6 Å². The van der Waals surface area contributed by atoms with Crippen LogP contribution in [0.2, 0.25) is 5.02 Å². The van der Waals surface area contributed by atoms with Crippen molar-refractivity contribution in [2.45, 2.75) is 25.8 Å². The molecule has 1 saturated heterocycles. The van der Waals surface area contributed by atoms with Crippen LogP contribution in [-0.4, -0.2) is 39.3 Å². The summed E-state index contributed by atoms with van der Waals surface area (Å²) in [6, 6.07) is 5.34. The van der Waals surface area contributed by atoms with Gasteiger partial charge in [-0.15, -0.1) is 5.10 Å². The third-order valence-corrected chi connectivity index (χ3v) is 4.03. The Bertz CT molecular complexity index is 664. The fraction of sp³-hybridized carbons (Fsp3) is 0.500. The predicted octanol–water partition coefficient (Wildman–Crippen LogP) is 1.93. The molecular weight excluding hydrogens is 276 g/mol. The molecule has 0 aliphatic carbocycles. The van der Waals surface area contributed by atoms with Gasteiger partial charge >= 0.3 is 5.69 Å². The quantitative estimate of drug-likeness (QED) is 0.867. The van der Waals surface area contributed by atoms with Crippen LogP contribution in [0.3, 0.4) is 0 Å². The molecule has 1 fully saturated rings. The van der Waals surface area contributed by atoms with Crippen molar-refractivity contribution in [1.29, 1.82) is 0 Å². The van der Waals surface area contributed by atoms with E-state index in [9.17, 15) is 4.79 Å². The van der Waals surface area contributed by atoms with E-state index < -0.39 is 0 Å². The van der Waals surface area contributed by atoms with Gasteiger partial charge in [0.05, 0.1) is 5.52 Å². The lowest BCUT2D eigenvalue weighted by molar-refractivity contribution is 0.220. The number of benzene rings is 1. The van der Waals surface area contributed by atoms with Crippen molar-refractivity contribution in [2.75, 3.05) is 19.6 Å². The number of hydrogen-bond acceptors (Lipinski definition) is 4. The van der Waals surface area contributed by atoms with Gasteiger partial charge in [0.25, 0.3) is 0 Å². The molecule has 1 aliphatic rings. The van der Waals surface area contributed by atoms with Gasteiger partial charge in [-0.25, -0.2) is 4.79 Å². The number of aromatic nitrogens is 3. The molecule has 0 atom stereocenters. The lowest BCUT2D eigenvalue weighted by atomic mass is 10.1. The fourth-order valence-corrected chi connectivity index (χ4v) is 2.86. The Morgan fingerprint density at radius 2 is 1.90 bits per heavy atom. The number of nitrogens with zero attached hydrogens (tertiary/aromatic N) is 4. The molecule has 106 valence electrons. The van der Waals surface area contributed by atoms with E-state index in [0.717, 1.165) is 25.2 Å². The van der Waals surface area contributed by atoms with E-state index in [0.29, 0.717) is 17.1 Å². The van der Waals surface area contributed by atoms with Gasteiger partial charge in [-0.1, -0.05) is 23.1 Å². The molecule has 3 rings (SSSR count). The van der Waals surface area contributed by atoms with Gasteiger partial charge < -0.3 is 4.90 Å². The molecule has 0 amide bonds. The largest absolute Gasteiger partial charge is 0.366 e. The highest BCUT2D eigenvalue weighted by Crippen LogP contribution is 2.16. The van der Waals surface area contributed by atoms with Crippen molar-refractivity contribution in [3.05, 3.63) is 33.7 Å². The second kappa shape index (κ2) is 5.89. The second-order valence-corrected chi connectivity index (χ2v) is 5.61. The number of piperidine rings is 1. The van der Waals surface area contributed by atoms with Crippen LogP contribution in [0, 0.1) is 0 Å². The maximum absolute atomic E-state index is 11.9. The summed E-state index contributed by atoms with van der Waals surface area (Å²) in [5.41, 5.74) is 1.15. The maximum Gasteiger partial charge on any atom is 0.366 e. The molecule has 0 radical (unpaired) electrons. The van der Waals surface area contributed by atoms with E-state index in [1.54, 1.807) is 22.8 Å². The van der Waals surface area contributed by atoms with Crippen molar-refractivity contribution >= 4 is 22.6 Å². The summed E-state index contributed by atoms with van der Waals surface area (Å²) >= 11 is 6.02. The van der Waals surface area contributed by atoms with Crippen LogP contribution in [0.15, 0.2) is 23.0 Å². The average molecular weight is 293 g/mol. The van der Waals surface area contributed by atoms with Gasteiger partial charge in [0, 0.05) is 18.1 Å². The summed E-state index contributed by atoms with van der Waals surface area (Å²) in [5.74, 6) is 0. The summed E-state index contributed by atoms with van der Waals surface area (Å²) in [7, 11) is 0. The smallest absolute Gasteiger partial charge is 0.302 e. The average Bonchev–Trinajstić information content (AvgIpc) is 2.47. The molecule has 0 bridgehead atoms. The molecule has 20 heavy (non-hydrogen) atoms. The molecule has 2 heterocycles. The summed E-state index contributed by atoms with van der Waals surface area (Å²) in [4.78, 5) is 14.3. The van der Waals surface area contributed by atoms with Gasteiger partial charge in [-0.3, -0.25) is 4.57 Å². The van der Waals surface area contributed by atoms with E-state index in [-0.39, 0.29) is 5.69 Å². The molecular formula is C14H17ClN4O. The summed E-state index contributed by atoms with van der Waals surface area (Å²) in [5, 5.41) is 8.23. The standard InChI is InChI=1S/C14H17ClN4O/c15-11-4-5-12-13(10-11)19(14(20)17-16-12)9-8-18-6-2-1-3-7-18/h4-5,10H,1-3,6-9H2. The number of rotatable bonds is 3. The second-order valence-electron chi connectivity index (χ2n) is 5.17. The van der Waals surface area contributed by atoms with Gasteiger partial charge in [0.2, 0.25) is 0 Å². The van der Waals surface area contributed by atoms with Crippen LogP contribution in [0.5, 0.6) is 0 Å². The lowest BCUT2D eigenvalue weighted by Gasteiger charge is -2.26.